The monoisotopic (exact) mass is 380 g/mol. The largest absolute Gasteiger partial charge is 0.388 e. The van der Waals surface area contributed by atoms with E-state index in [9.17, 15) is 9.90 Å². The number of aliphatic hydroxyl groups is 1. The molecule has 1 saturated carbocycles. The number of rotatable bonds is 4. The number of hydrogen-bond donors (Lipinski definition) is 2. The fourth-order valence-electron chi connectivity index (χ4n) is 4.40. The smallest absolute Gasteiger partial charge is 0.225 e. The highest BCUT2D eigenvalue weighted by Gasteiger charge is 2.32. The van der Waals surface area contributed by atoms with Gasteiger partial charge in [-0.2, -0.15) is 0 Å². The minimum atomic E-state index is -0.635. The van der Waals surface area contributed by atoms with Crippen LogP contribution in [0.4, 0.5) is 0 Å². The molecule has 154 valence electrons. The highest BCUT2D eigenvalue weighted by molar-refractivity contribution is 5.82. The zero-order valence-corrected chi connectivity index (χ0v) is 16.8. The summed E-state index contributed by atoms with van der Waals surface area (Å²) >= 11 is 0. The molecule has 2 heterocycles. The molecule has 2 saturated heterocycles. The van der Waals surface area contributed by atoms with Crippen molar-refractivity contribution in [1.82, 2.24) is 15.1 Å². The Morgan fingerprint density at radius 3 is 2.41 bits per heavy atom. The molecule has 0 aromatic heterocycles. The van der Waals surface area contributed by atoms with E-state index in [0.717, 1.165) is 77.2 Å². The van der Waals surface area contributed by atoms with E-state index >= 15 is 0 Å². The van der Waals surface area contributed by atoms with Crippen LogP contribution in [0.15, 0.2) is 4.99 Å². The molecule has 7 heteroatoms. The summed E-state index contributed by atoms with van der Waals surface area (Å²) in [4.78, 5) is 21.7. The first-order valence-electron chi connectivity index (χ1n) is 10.7. The molecule has 1 amide bonds. The van der Waals surface area contributed by atoms with Crippen molar-refractivity contribution < 1.29 is 14.6 Å². The number of nitrogens with zero attached hydrogens (tertiary/aromatic N) is 3. The Bertz CT molecular complexity index is 505. The summed E-state index contributed by atoms with van der Waals surface area (Å²) in [6.45, 7) is 7.79. The number of hydrogen-bond acceptors (Lipinski definition) is 4. The second kappa shape index (κ2) is 9.73. The van der Waals surface area contributed by atoms with Crippen molar-refractivity contribution in [1.29, 1.82) is 0 Å². The van der Waals surface area contributed by atoms with Gasteiger partial charge in [-0.15, -0.1) is 0 Å². The van der Waals surface area contributed by atoms with E-state index in [1.807, 2.05) is 4.90 Å². The Morgan fingerprint density at radius 1 is 1.11 bits per heavy atom. The van der Waals surface area contributed by atoms with Gasteiger partial charge in [-0.3, -0.25) is 9.79 Å². The number of guanidine groups is 1. The van der Waals surface area contributed by atoms with Crippen LogP contribution in [0.2, 0.25) is 0 Å². The van der Waals surface area contributed by atoms with Gasteiger partial charge in [0.2, 0.25) is 5.91 Å². The summed E-state index contributed by atoms with van der Waals surface area (Å²) in [6, 6.07) is 0. The molecule has 2 aliphatic heterocycles. The number of likely N-dealkylation sites (tertiary alicyclic amines) is 1. The van der Waals surface area contributed by atoms with Crippen LogP contribution in [-0.4, -0.2) is 84.9 Å². The highest BCUT2D eigenvalue weighted by Crippen LogP contribution is 2.28. The van der Waals surface area contributed by atoms with Crippen molar-refractivity contribution in [3.8, 4) is 0 Å². The number of carbonyl (C=O) groups is 1. The van der Waals surface area contributed by atoms with Crippen LogP contribution in [0, 0.1) is 5.92 Å². The molecule has 0 radical (unpaired) electrons. The second-order valence-corrected chi connectivity index (χ2v) is 8.15. The van der Waals surface area contributed by atoms with Gasteiger partial charge in [0.15, 0.2) is 5.96 Å². The molecule has 0 spiro atoms. The molecule has 0 aromatic carbocycles. The SMILES string of the molecule is CCNC(=NCC1(O)CCCCC1)N1CCC(C(=O)N2CCOCC2)CC1. The Morgan fingerprint density at radius 2 is 1.78 bits per heavy atom. The van der Waals surface area contributed by atoms with Crippen LogP contribution in [0.1, 0.15) is 51.9 Å². The number of piperidine rings is 1. The summed E-state index contributed by atoms with van der Waals surface area (Å²) in [5.41, 5.74) is -0.635. The fourth-order valence-corrected chi connectivity index (χ4v) is 4.40. The second-order valence-electron chi connectivity index (χ2n) is 8.15. The third-order valence-corrected chi connectivity index (χ3v) is 6.11. The summed E-state index contributed by atoms with van der Waals surface area (Å²) < 4.78 is 5.35. The maximum absolute atomic E-state index is 12.7. The van der Waals surface area contributed by atoms with Crippen molar-refractivity contribution in [2.24, 2.45) is 10.9 Å². The van der Waals surface area contributed by atoms with Gasteiger partial charge in [-0.25, -0.2) is 0 Å². The summed E-state index contributed by atoms with van der Waals surface area (Å²) in [6.07, 6.45) is 6.85. The minimum absolute atomic E-state index is 0.116. The minimum Gasteiger partial charge on any atom is -0.388 e. The van der Waals surface area contributed by atoms with E-state index in [-0.39, 0.29) is 11.8 Å². The first kappa shape index (κ1) is 20.4. The zero-order chi connectivity index (χ0) is 19.1. The standard InChI is InChI=1S/C20H36N4O3/c1-2-21-19(22-16-20(26)8-4-3-5-9-20)24-10-6-17(7-11-24)18(25)23-12-14-27-15-13-23/h17,26H,2-16H2,1H3,(H,21,22). The van der Waals surface area contributed by atoms with Crippen molar-refractivity contribution in [2.75, 3.05) is 52.5 Å². The van der Waals surface area contributed by atoms with Gasteiger partial charge in [0.05, 0.1) is 25.4 Å². The van der Waals surface area contributed by atoms with Crippen LogP contribution in [0.3, 0.4) is 0 Å². The van der Waals surface area contributed by atoms with E-state index in [4.69, 9.17) is 9.73 Å². The molecule has 0 unspecified atom stereocenters. The Labute approximate surface area is 163 Å². The molecule has 0 aromatic rings. The summed E-state index contributed by atoms with van der Waals surface area (Å²) in [5, 5.41) is 14.1. The Hall–Kier alpha value is -1.34. The van der Waals surface area contributed by atoms with E-state index in [0.29, 0.717) is 19.8 Å². The van der Waals surface area contributed by atoms with Crippen LogP contribution >= 0.6 is 0 Å². The van der Waals surface area contributed by atoms with Gasteiger partial charge in [0.1, 0.15) is 0 Å². The zero-order valence-electron chi connectivity index (χ0n) is 16.8. The number of ether oxygens (including phenoxy) is 1. The van der Waals surface area contributed by atoms with Gasteiger partial charge in [0.25, 0.3) is 0 Å². The molecular weight excluding hydrogens is 344 g/mol. The van der Waals surface area contributed by atoms with Gasteiger partial charge >= 0.3 is 0 Å². The van der Waals surface area contributed by atoms with Gasteiger partial charge in [0, 0.05) is 38.6 Å². The Kier molecular flexibility index (Phi) is 7.35. The lowest BCUT2D eigenvalue weighted by molar-refractivity contribution is -0.140. The normalized spacial score (nSPS) is 24.7. The van der Waals surface area contributed by atoms with Crippen LogP contribution < -0.4 is 5.32 Å². The number of nitrogens with one attached hydrogen (secondary N) is 1. The third kappa shape index (κ3) is 5.57. The predicted molar refractivity (Wildman–Crippen MR) is 106 cm³/mol. The van der Waals surface area contributed by atoms with Crippen molar-refractivity contribution in [3.63, 3.8) is 0 Å². The van der Waals surface area contributed by atoms with Gasteiger partial charge in [-0.05, 0) is 32.6 Å². The first-order valence-corrected chi connectivity index (χ1v) is 10.7. The maximum atomic E-state index is 12.7. The van der Waals surface area contributed by atoms with Gasteiger partial charge in [-0.1, -0.05) is 19.3 Å². The molecule has 7 nitrogen and oxygen atoms in total. The number of morpholine rings is 1. The lowest BCUT2D eigenvalue weighted by Crippen LogP contribution is -2.50. The molecule has 2 N–H and O–H groups in total. The third-order valence-electron chi connectivity index (χ3n) is 6.11. The van der Waals surface area contributed by atoms with Crippen LogP contribution in [0.5, 0.6) is 0 Å². The first-order chi connectivity index (χ1) is 13.1. The van der Waals surface area contributed by atoms with Crippen LogP contribution in [0.25, 0.3) is 0 Å². The molecular formula is C20H36N4O3. The Balaban J connectivity index is 1.53. The van der Waals surface area contributed by atoms with E-state index in [1.165, 1.54) is 6.42 Å². The maximum Gasteiger partial charge on any atom is 0.225 e. The van der Waals surface area contributed by atoms with Gasteiger partial charge < -0.3 is 25.0 Å². The van der Waals surface area contributed by atoms with Crippen molar-refractivity contribution in [3.05, 3.63) is 0 Å². The molecule has 3 fully saturated rings. The topological polar surface area (TPSA) is 77.4 Å². The van der Waals surface area contributed by atoms with Crippen LogP contribution in [-0.2, 0) is 9.53 Å². The molecule has 0 atom stereocenters. The lowest BCUT2D eigenvalue weighted by Gasteiger charge is -2.37. The summed E-state index contributed by atoms with van der Waals surface area (Å²) in [7, 11) is 0. The number of carbonyl (C=O) groups excluding carboxylic acids is 1. The molecule has 3 rings (SSSR count). The molecule has 0 bridgehead atoms. The molecule has 1 aliphatic carbocycles. The quantitative estimate of drug-likeness (QED) is 0.566. The highest BCUT2D eigenvalue weighted by atomic mass is 16.5. The van der Waals surface area contributed by atoms with Crippen molar-refractivity contribution >= 4 is 11.9 Å². The van der Waals surface area contributed by atoms with E-state index in [1.54, 1.807) is 0 Å². The van der Waals surface area contributed by atoms with E-state index in [2.05, 4.69) is 17.1 Å². The number of amides is 1. The average Bonchev–Trinajstić information content (AvgIpc) is 2.72. The number of aliphatic imine (C=N–C) groups is 1. The molecule has 3 aliphatic rings. The van der Waals surface area contributed by atoms with E-state index < -0.39 is 5.60 Å². The lowest BCUT2D eigenvalue weighted by atomic mass is 9.85. The van der Waals surface area contributed by atoms with Crippen molar-refractivity contribution in [2.45, 2.75) is 57.5 Å². The molecule has 27 heavy (non-hydrogen) atoms. The fraction of sp³-hybridized carbons (Fsp3) is 0.900. The average molecular weight is 381 g/mol. The summed E-state index contributed by atoms with van der Waals surface area (Å²) in [5.74, 6) is 1.29. The predicted octanol–water partition coefficient (Wildman–Crippen LogP) is 1.22.